The first-order valence-electron chi connectivity index (χ1n) is 10.5. The Kier molecular flexibility index (Phi) is 5.91. The number of anilines is 1. The highest BCUT2D eigenvalue weighted by molar-refractivity contribution is 5.95. The van der Waals surface area contributed by atoms with Gasteiger partial charge in [-0.05, 0) is 55.3 Å². The number of rotatable bonds is 4. The highest BCUT2D eigenvalue weighted by atomic mass is 19.4. The van der Waals surface area contributed by atoms with Crippen LogP contribution in [0.3, 0.4) is 0 Å². The summed E-state index contributed by atoms with van der Waals surface area (Å²) >= 11 is 0. The third-order valence-electron chi connectivity index (χ3n) is 5.72. The van der Waals surface area contributed by atoms with Crippen molar-refractivity contribution < 1.29 is 18.0 Å². The third kappa shape index (κ3) is 4.47. The van der Waals surface area contributed by atoms with E-state index in [0.29, 0.717) is 29.1 Å². The molecule has 32 heavy (non-hydrogen) atoms. The maximum absolute atomic E-state index is 13.3. The van der Waals surface area contributed by atoms with E-state index in [1.807, 2.05) is 48.2 Å². The predicted octanol–water partition coefficient (Wildman–Crippen LogP) is 5.81. The number of hydrogen-bond donors (Lipinski definition) is 0. The second-order valence-corrected chi connectivity index (χ2v) is 8.13. The summed E-state index contributed by atoms with van der Waals surface area (Å²) in [5.74, 6) is -0.0672. The number of hydrogen-bond acceptors (Lipinski definition) is 3. The molecule has 3 aromatic rings. The van der Waals surface area contributed by atoms with E-state index >= 15 is 0 Å². The SMILES string of the molecule is CN(C)c1cccc(C(=O)N2CCC[C@@H]2c2cccc(-c3cccc(C(F)(F)F)c3)n2)c1. The van der Waals surface area contributed by atoms with Gasteiger partial charge < -0.3 is 9.80 Å². The summed E-state index contributed by atoms with van der Waals surface area (Å²) in [6, 6.07) is 17.7. The van der Waals surface area contributed by atoms with Crippen LogP contribution in [0.1, 0.15) is 40.5 Å². The molecular formula is C25H24F3N3O. The Hall–Kier alpha value is -3.35. The van der Waals surface area contributed by atoms with E-state index in [2.05, 4.69) is 4.98 Å². The first-order valence-corrected chi connectivity index (χ1v) is 10.5. The number of alkyl halides is 3. The van der Waals surface area contributed by atoms with Gasteiger partial charge in [0.2, 0.25) is 0 Å². The van der Waals surface area contributed by atoms with Crippen molar-refractivity contribution in [1.29, 1.82) is 0 Å². The zero-order chi connectivity index (χ0) is 22.9. The highest BCUT2D eigenvalue weighted by Crippen LogP contribution is 2.35. The molecular weight excluding hydrogens is 415 g/mol. The molecule has 1 fully saturated rings. The predicted molar refractivity (Wildman–Crippen MR) is 118 cm³/mol. The summed E-state index contributed by atoms with van der Waals surface area (Å²) in [4.78, 5) is 21.7. The number of nitrogens with zero attached hydrogens (tertiary/aromatic N) is 3. The van der Waals surface area contributed by atoms with Crippen molar-refractivity contribution in [3.8, 4) is 11.3 Å². The number of aromatic nitrogens is 1. The van der Waals surface area contributed by atoms with Crippen LogP contribution in [0.25, 0.3) is 11.3 Å². The molecule has 166 valence electrons. The maximum Gasteiger partial charge on any atom is 0.416 e. The molecule has 2 heterocycles. The van der Waals surface area contributed by atoms with E-state index < -0.39 is 11.7 Å². The van der Waals surface area contributed by atoms with Crippen LogP contribution in [0.2, 0.25) is 0 Å². The third-order valence-corrected chi connectivity index (χ3v) is 5.72. The number of benzene rings is 2. The summed E-state index contributed by atoms with van der Waals surface area (Å²) in [5.41, 5.74) is 2.39. The standard InChI is InChI=1S/C25H24F3N3O/c1-30(2)20-10-4-8-18(16-20)24(32)31-14-6-13-23(31)22-12-5-11-21(29-22)17-7-3-9-19(15-17)25(26,27)28/h3-5,7-12,15-16,23H,6,13-14H2,1-2H3/t23-/m1/s1. The first kappa shape index (κ1) is 21.9. The number of likely N-dealkylation sites (tertiary alicyclic amines) is 1. The fraction of sp³-hybridized carbons (Fsp3) is 0.280. The van der Waals surface area contributed by atoms with Crippen LogP contribution >= 0.6 is 0 Å². The largest absolute Gasteiger partial charge is 0.416 e. The van der Waals surface area contributed by atoms with Gasteiger partial charge in [0, 0.05) is 37.5 Å². The Morgan fingerprint density at radius 2 is 1.78 bits per heavy atom. The molecule has 0 N–H and O–H groups in total. The van der Waals surface area contributed by atoms with Crippen LogP contribution in [0.4, 0.5) is 18.9 Å². The van der Waals surface area contributed by atoms with Crippen LogP contribution < -0.4 is 4.90 Å². The van der Waals surface area contributed by atoms with E-state index in [0.717, 1.165) is 30.7 Å². The lowest BCUT2D eigenvalue weighted by Crippen LogP contribution is -2.31. The van der Waals surface area contributed by atoms with E-state index in [1.165, 1.54) is 6.07 Å². The minimum atomic E-state index is -4.41. The molecule has 0 unspecified atom stereocenters. The van der Waals surface area contributed by atoms with E-state index in [-0.39, 0.29) is 11.9 Å². The second-order valence-electron chi connectivity index (χ2n) is 8.13. The molecule has 1 aliphatic heterocycles. The molecule has 0 bridgehead atoms. The van der Waals surface area contributed by atoms with Crippen LogP contribution in [-0.2, 0) is 6.18 Å². The summed E-state index contributed by atoms with van der Waals surface area (Å²) in [6.45, 7) is 0.616. The minimum Gasteiger partial charge on any atom is -0.378 e. The molecule has 4 nitrogen and oxygen atoms in total. The van der Waals surface area contributed by atoms with Crippen molar-refractivity contribution in [1.82, 2.24) is 9.88 Å². The van der Waals surface area contributed by atoms with Crippen molar-refractivity contribution in [2.75, 3.05) is 25.5 Å². The lowest BCUT2D eigenvalue weighted by atomic mass is 10.0. The molecule has 1 atom stereocenters. The highest BCUT2D eigenvalue weighted by Gasteiger charge is 2.32. The van der Waals surface area contributed by atoms with Crippen molar-refractivity contribution in [3.63, 3.8) is 0 Å². The van der Waals surface area contributed by atoms with Crippen molar-refractivity contribution >= 4 is 11.6 Å². The molecule has 2 aromatic carbocycles. The Labute approximate surface area is 185 Å². The summed E-state index contributed by atoms with van der Waals surface area (Å²) in [7, 11) is 3.84. The molecule has 1 saturated heterocycles. The second kappa shape index (κ2) is 8.65. The van der Waals surface area contributed by atoms with E-state index in [9.17, 15) is 18.0 Å². The lowest BCUT2D eigenvalue weighted by Gasteiger charge is -2.25. The van der Waals surface area contributed by atoms with Crippen molar-refractivity contribution in [2.45, 2.75) is 25.1 Å². The Bertz CT molecular complexity index is 1130. The van der Waals surface area contributed by atoms with Crippen molar-refractivity contribution in [2.24, 2.45) is 0 Å². The van der Waals surface area contributed by atoms with Gasteiger partial charge in [-0.1, -0.05) is 24.3 Å². The van der Waals surface area contributed by atoms with Gasteiger partial charge in [-0.2, -0.15) is 13.2 Å². The van der Waals surface area contributed by atoms with E-state index in [1.54, 1.807) is 24.3 Å². The molecule has 1 aliphatic rings. The molecule has 7 heteroatoms. The Morgan fingerprint density at radius 1 is 1.03 bits per heavy atom. The molecule has 0 saturated carbocycles. The van der Waals surface area contributed by atoms with Gasteiger partial charge in [0.15, 0.2) is 0 Å². The maximum atomic E-state index is 13.3. The monoisotopic (exact) mass is 439 g/mol. The van der Waals surface area contributed by atoms with Gasteiger partial charge in [0.05, 0.1) is 23.0 Å². The molecule has 0 radical (unpaired) electrons. The van der Waals surface area contributed by atoms with Gasteiger partial charge in [-0.25, -0.2) is 0 Å². The number of pyridine rings is 1. The van der Waals surface area contributed by atoms with Crippen LogP contribution in [0.15, 0.2) is 66.7 Å². The fourth-order valence-electron chi connectivity index (χ4n) is 4.05. The number of carbonyl (C=O) groups excluding carboxylic acids is 1. The average molecular weight is 439 g/mol. The van der Waals surface area contributed by atoms with Gasteiger partial charge in [0.25, 0.3) is 5.91 Å². The van der Waals surface area contributed by atoms with Crippen molar-refractivity contribution in [3.05, 3.63) is 83.6 Å². The minimum absolute atomic E-state index is 0.0672. The quantitative estimate of drug-likeness (QED) is 0.515. The first-order chi connectivity index (χ1) is 15.2. The van der Waals surface area contributed by atoms with Gasteiger partial charge in [0.1, 0.15) is 0 Å². The molecule has 1 aromatic heterocycles. The summed E-state index contributed by atoms with van der Waals surface area (Å²) in [5, 5.41) is 0. The summed E-state index contributed by atoms with van der Waals surface area (Å²) in [6.07, 6.45) is -2.80. The summed E-state index contributed by atoms with van der Waals surface area (Å²) < 4.78 is 39.4. The van der Waals surface area contributed by atoms with Gasteiger partial charge in [-0.3, -0.25) is 9.78 Å². The molecule has 0 aliphatic carbocycles. The Morgan fingerprint density at radius 3 is 2.53 bits per heavy atom. The zero-order valence-electron chi connectivity index (χ0n) is 17.9. The normalized spacial score (nSPS) is 16.3. The lowest BCUT2D eigenvalue weighted by molar-refractivity contribution is -0.137. The smallest absolute Gasteiger partial charge is 0.378 e. The van der Waals surface area contributed by atoms with E-state index in [4.69, 9.17) is 0 Å². The number of carbonyl (C=O) groups is 1. The number of amides is 1. The Balaban J connectivity index is 1.63. The van der Waals surface area contributed by atoms with Gasteiger partial charge in [-0.15, -0.1) is 0 Å². The zero-order valence-corrected chi connectivity index (χ0v) is 17.9. The van der Waals surface area contributed by atoms with Crippen LogP contribution in [0, 0.1) is 0 Å². The molecule has 1 amide bonds. The number of halogens is 3. The van der Waals surface area contributed by atoms with Crippen LogP contribution in [0.5, 0.6) is 0 Å². The van der Waals surface area contributed by atoms with Crippen LogP contribution in [-0.4, -0.2) is 36.4 Å². The average Bonchev–Trinajstić information content (AvgIpc) is 3.28. The molecule has 0 spiro atoms. The molecule has 4 rings (SSSR count). The fourth-order valence-corrected chi connectivity index (χ4v) is 4.05. The topological polar surface area (TPSA) is 36.4 Å². The van der Waals surface area contributed by atoms with Gasteiger partial charge >= 0.3 is 6.18 Å².